The monoisotopic (exact) mass is 472 g/mol. The maximum atomic E-state index is 8.49. The van der Waals surface area contributed by atoms with Crippen LogP contribution in [-0.2, 0) is 0 Å². The third kappa shape index (κ3) is 5.85. The maximum Gasteiger partial charge on any atom is 0.361 e. The lowest BCUT2D eigenvalue weighted by Crippen LogP contribution is -2.68. The lowest BCUT2D eigenvalue weighted by atomic mass is 9.99. The predicted molar refractivity (Wildman–Crippen MR) is 121 cm³/mol. The lowest BCUT2D eigenvalue weighted by Gasteiger charge is -2.17. The third-order valence-corrected chi connectivity index (χ3v) is 5.33. The highest BCUT2D eigenvalue weighted by molar-refractivity contribution is 5.90. The van der Waals surface area contributed by atoms with Crippen molar-refractivity contribution in [2.24, 2.45) is 0 Å². The Bertz CT molecular complexity index is 1280. The van der Waals surface area contributed by atoms with Gasteiger partial charge in [-0.05, 0) is 53.4 Å². The van der Waals surface area contributed by atoms with Crippen LogP contribution in [0.5, 0.6) is 0 Å². The molecule has 0 amide bonds. The first-order chi connectivity index (χ1) is 16.3. The highest BCUT2D eigenvalue weighted by atomic mass is 35.7. The van der Waals surface area contributed by atoms with Crippen molar-refractivity contribution in [1.29, 1.82) is 0 Å². The van der Waals surface area contributed by atoms with Gasteiger partial charge < -0.3 is 0 Å². The molecule has 0 unspecified atom stereocenters. The molecule has 3 aromatic rings. The maximum absolute atomic E-state index is 8.49. The van der Waals surface area contributed by atoms with E-state index < -0.39 is 10.2 Å². The molecule has 2 aliphatic carbocycles. The first-order valence-electron chi connectivity index (χ1n) is 10.5. The minimum atomic E-state index is -4.94. The number of hydrogen-bond donors (Lipinski definition) is 0. The summed E-state index contributed by atoms with van der Waals surface area (Å²) in [5.41, 5.74) is 8.38. The van der Waals surface area contributed by atoms with Crippen LogP contribution in [0.3, 0.4) is 0 Å². The van der Waals surface area contributed by atoms with E-state index in [-0.39, 0.29) is 0 Å². The number of rotatable bonds is 3. The lowest BCUT2D eigenvalue weighted by molar-refractivity contribution is -2.00. The summed E-state index contributed by atoms with van der Waals surface area (Å²) in [6, 6.07) is 37.9. The number of hydrogen-bond acceptors (Lipinski definition) is 4. The SMILES string of the molecule is Cc1cc(-c2cc(-c3ccccc3)[o+]c(-c3ccccc3)c2)c2cccccc1-2.[O-][Cl+3]([O-])([O-])[O-]. The fourth-order valence-corrected chi connectivity index (χ4v) is 3.88. The summed E-state index contributed by atoms with van der Waals surface area (Å²) in [5.74, 6) is 1.74. The number of halogens is 1. The summed E-state index contributed by atoms with van der Waals surface area (Å²) >= 11 is 0. The van der Waals surface area contributed by atoms with Gasteiger partial charge in [0.1, 0.15) is 0 Å². The Morgan fingerprint density at radius 2 is 0.912 bits per heavy atom. The normalized spacial score (nSPS) is 11.1. The molecule has 2 aromatic carbocycles. The molecular weight excluding hydrogens is 452 g/mol. The number of benzene rings is 2. The van der Waals surface area contributed by atoms with Crippen LogP contribution in [0.1, 0.15) is 5.56 Å². The van der Waals surface area contributed by atoms with Gasteiger partial charge in [-0.3, -0.25) is 0 Å². The Kier molecular flexibility index (Phi) is 7.03. The minimum Gasteiger partial charge on any atom is -0.222 e. The molecule has 0 saturated carbocycles. The van der Waals surface area contributed by atoms with E-state index in [0.29, 0.717) is 0 Å². The van der Waals surface area contributed by atoms with Crippen molar-refractivity contribution < 1.29 is 33.3 Å². The highest BCUT2D eigenvalue weighted by Crippen LogP contribution is 2.41. The molecule has 0 fully saturated rings. The molecule has 0 N–H and O–H groups in total. The summed E-state index contributed by atoms with van der Waals surface area (Å²) in [4.78, 5) is 0. The van der Waals surface area contributed by atoms with Crippen LogP contribution in [0.4, 0.5) is 0 Å². The van der Waals surface area contributed by atoms with Gasteiger partial charge in [-0.1, -0.05) is 72.8 Å². The highest BCUT2D eigenvalue weighted by Gasteiger charge is 2.23. The molecule has 5 nitrogen and oxygen atoms in total. The molecule has 5 rings (SSSR count). The van der Waals surface area contributed by atoms with Gasteiger partial charge in [-0.2, -0.15) is 0 Å². The molecule has 0 aliphatic heterocycles. The van der Waals surface area contributed by atoms with Gasteiger partial charge in [0.25, 0.3) is 0 Å². The molecule has 0 radical (unpaired) electrons. The van der Waals surface area contributed by atoms with Gasteiger partial charge in [0.15, 0.2) is 0 Å². The molecule has 0 saturated heterocycles. The fourth-order valence-electron chi connectivity index (χ4n) is 3.88. The molecule has 0 spiro atoms. The zero-order chi connectivity index (χ0) is 24.1. The fraction of sp³-hybridized carbons (Fsp3) is 0.0357. The molecule has 6 heteroatoms. The van der Waals surface area contributed by atoms with Crippen LogP contribution < -0.4 is 18.6 Å². The molecule has 1 heterocycles. The molecule has 34 heavy (non-hydrogen) atoms. The molecule has 1 aromatic heterocycles. The minimum absolute atomic E-state index is 0.870. The van der Waals surface area contributed by atoms with E-state index in [0.717, 1.165) is 22.6 Å². The van der Waals surface area contributed by atoms with Crippen molar-refractivity contribution in [3.8, 4) is 44.9 Å². The summed E-state index contributed by atoms with van der Waals surface area (Å²) in [5, 5.41) is 0. The van der Waals surface area contributed by atoms with Crippen LogP contribution in [0, 0.1) is 17.2 Å². The number of aryl methyl sites for hydroxylation is 1. The third-order valence-electron chi connectivity index (χ3n) is 5.33. The molecule has 0 bridgehead atoms. The zero-order valence-corrected chi connectivity index (χ0v) is 19.1. The average molecular weight is 473 g/mol. The Labute approximate surface area is 199 Å². The zero-order valence-electron chi connectivity index (χ0n) is 18.3. The van der Waals surface area contributed by atoms with Crippen molar-refractivity contribution in [3.63, 3.8) is 0 Å². The van der Waals surface area contributed by atoms with Crippen molar-refractivity contribution in [2.75, 3.05) is 0 Å². The summed E-state index contributed by atoms with van der Waals surface area (Å²) in [6.07, 6.45) is 0. The van der Waals surface area contributed by atoms with Crippen molar-refractivity contribution in [2.45, 2.75) is 6.92 Å². The standard InChI is InChI=1S/C28H21O.ClHO4/c1-20-17-26(25-16-10-4-9-15-24(20)25)23-18-27(21-11-5-2-6-12-21)29-28(19-23)22-13-7-3-8-14-22;2-1(3,4)5/h2-19H,1H3;(H,2,3,4,5)/q+1;/p-1. The van der Waals surface area contributed by atoms with Gasteiger partial charge >= 0.3 is 11.5 Å². The second-order valence-electron chi connectivity index (χ2n) is 7.66. The molecular formula is C28H21ClO5. The van der Waals surface area contributed by atoms with Crippen molar-refractivity contribution in [1.82, 2.24) is 0 Å². The first kappa shape index (κ1) is 23.6. The topological polar surface area (TPSA) is 104 Å². The van der Waals surface area contributed by atoms with Crippen LogP contribution >= 0.6 is 0 Å². The van der Waals surface area contributed by atoms with Crippen molar-refractivity contribution in [3.05, 3.63) is 115 Å². The first-order valence-corrected chi connectivity index (χ1v) is 11.7. The largest absolute Gasteiger partial charge is 0.361 e. The molecule has 170 valence electrons. The van der Waals surface area contributed by atoms with Crippen molar-refractivity contribution >= 4 is 0 Å². The van der Waals surface area contributed by atoms with Crippen LogP contribution in [0.15, 0.2) is 114 Å². The quantitative estimate of drug-likeness (QED) is 0.375. The molecule has 2 aliphatic rings. The van der Waals surface area contributed by atoms with E-state index in [2.05, 4.69) is 79.7 Å². The smallest absolute Gasteiger partial charge is 0.222 e. The van der Waals surface area contributed by atoms with Gasteiger partial charge in [0, 0.05) is 5.56 Å². The van der Waals surface area contributed by atoms with Gasteiger partial charge in [-0.25, -0.2) is 23.1 Å². The van der Waals surface area contributed by atoms with E-state index in [1.54, 1.807) is 0 Å². The molecule has 0 atom stereocenters. The predicted octanol–water partition coefficient (Wildman–Crippen LogP) is 3.22. The van der Waals surface area contributed by atoms with Gasteiger partial charge in [0.2, 0.25) is 0 Å². The van der Waals surface area contributed by atoms with Gasteiger partial charge in [0.05, 0.1) is 23.3 Å². The second kappa shape index (κ2) is 10.1. The van der Waals surface area contributed by atoms with E-state index in [4.69, 9.17) is 23.1 Å². The summed E-state index contributed by atoms with van der Waals surface area (Å²) in [6.45, 7) is 2.18. The van der Waals surface area contributed by atoms with Crippen LogP contribution in [0.2, 0.25) is 0 Å². The average Bonchev–Trinajstić information content (AvgIpc) is 2.98. The summed E-state index contributed by atoms with van der Waals surface area (Å²) < 4.78 is 40.3. The number of fused-ring (bicyclic) bond motifs is 1. The van der Waals surface area contributed by atoms with Crippen LogP contribution in [-0.4, -0.2) is 0 Å². The Morgan fingerprint density at radius 1 is 0.500 bits per heavy atom. The van der Waals surface area contributed by atoms with Crippen LogP contribution in [0.25, 0.3) is 44.9 Å². The van der Waals surface area contributed by atoms with E-state index in [1.165, 1.54) is 27.8 Å². The second-order valence-corrected chi connectivity index (χ2v) is 8.42. The Hall–Kier alpha value is -3.58. The Balaban J connectivity index is 0.000000499. The van der Waals surface area contributed by atoms with Gasteiger partial charge in [-0.15, -0.1) is 10.2 Å². The Morgan fingerprint density at radius 3 is 1.38 bits per heavy atom. The van der Waals surface area contributed by atoms with E-state index in [1.807, 2.05) is 36.4 Å². The summed E-state index contributed by atoms with van der Waals surface area (Å²) in [7, 11) is -4.94. The van der Waals surface area contributed by atoms with E-state index >= 15 is 0 Å². The van der Waals surface area contributed by atoms with E-state index in [9.17, 15) is 0 Å².